The summed E-state index contributed by atoms with van der Waals surface area (Å²) < 4.78 is 0. The Labute approximate surface area is 646 Å². The van der Waals surface area contributed by atoms with E-state index in [1.165, 1.54) is 23.6 Å². The number of para-hydroxylation sites is 2. The predicted molar refractivity (Wildman–Crippen MR) is 420 cm³/mol. The third-order valence-electron chi connectivity index (χ3n) is 20.8. The number of guanidine groups is 2. The van der Waals surface area contributed by atoms with Crippen LogP contribution in [0.4, 0.5) is 0 Å². The van der Waals surface area contributed by atoms with Gasteiger partial charge in [-0.1, -0.05) is 132 Å². The zero-order valence-electron chi connectivity index (χ0n) is 62.4. The molecule has 0 unspecified atom stereocenters. The lowest BCUT2D eigenvalue weighted by Crippen LogP contribution is -2.63. The summed E-state index contributed by atoms with van der Waals surface area (Å²) in [7, 11) is 2.14. The molecule has 110 heavy (non-hydrogen) atoms. The molecule has 4 saturated heterocycles. The highest BCUT2D eigenvalue weighted by Gasteiger charge is 2.47. The first-order valence-corrected chi connectivity index (χ1v) is 40.0. The van der Waals surface area contributed by atoms with Crippen molar-refractivity contribution in [3.63, 3.8) is 0 Å². The zero-order valence-corrected chi connectivity index (χ0v) is 64.1. The highest BCUT2D eigenvalue weighted by Crippen LogP contribution is 2.36. The fourth-order valence-electron chi connectivity index (χ4n) is 14.9. The van der Waals surface area contributed by atoms with E-state index in [0.717, 1.165) is 32.5 Å². The van der Waals surface area contributed by atoms with E-state index in [4.69, 9.17) is 22.3 Å². The van der Waals surface area contributed by atoms with Crippen LogP contribution < -0.4 is 59.3 Å². The van der Waals surface area contributed by atoms with Crippen LogP contribution in [0.25, 0.3) is 21.8 Å². The topological polar surface area (TPSA) is 451 Å². The van der Waals surface area contributed by atoms with Gasteiger partial charge >= 0.3 is 0 Å². The molecular formula is C79H101N17O12S2. The number of nitrogens with zero attached hydrogens (tertiary/aromatic N) is 2. The summed E-state index contributed by atoms with van der Waals surface area (Å²) in [4.78, 5) is 193. The number of nitrogens with two attached hydrogens (primary N) is 2. The van der Waals surface area contributed by atoms with E-state index in [9.17, 15) is 9.59 Å². The molecular weight excluding hydrogens is 1440 g/mol. The lowest BCUT2D eigenvalue weighted by Gasteiger charge is -2.35. The number of Topliss-reactive ketones (excluding diaryl/α,β-unsaturated/α-hetero) is 3. The number of carbonyl (C=O) groups excluding carboxylic acids is 12. The van der Waals surface area contributed by atoms with Gasteiger partial charge in [-0.15, -0.1) is 0 Å². The van der Waals surface area contributed by atoms with E-state index >= 15 is 47.9 Å². The van der Waals surface area contributed by atoms with Crippen LogP contribution in [-0.2, 0) is 83.2 Å². The van der Waals surface area contributed by atoms with Gasteiger partial charge in [0.25, 0.3) is 0 Å². The van der Waals surface area contributed by atoms with E-state index in [2.05, 4.69) is 57.8 Å². The summed E-state index contributed by atoms with van der Waals surface area (Å²) in [6, 6.07) is 21.6. The minimum atomic E-state index is -1.82. The molecule has 4 fully saturated rings. The Kier molecular flexibility index (Phi) is 28.1. The Bertz CT molecular complexity index is 4110. The number of rotatable bonds is 16. The van der Waals surface area contributed by atoms with Crippen molar-refractivity contribution in [1.29, 1.82) is 10.8 Å². The lowest BCUT2D eigenvalue weighted by molar-refractivity contribution is -0.148. The molecule has 29 nitrogen and oxygen atoms in total. The fraction of sp³-hybridized carbons (Fsp3) is 0.468. The van der Waals surface area contributed by atoms with Gasteiger partial charge in [0.15, 0.2) is 17.7 Å². The fourth-order valence-corrected chi connectivity index (χ4v) is 17.4. The van der Waals surface area contributed by atoms with Gasteiger partial charge in [-0.3, -0.25) is 68.4 Å². The van der Waals surface area contributed by atoms with Crippen LogP contribution in [0.1, 0.15) is 121 Å². The second-order valence-electron chi connectivity index (χ2n) is 30.1. The van der Waals surface area contributed by atoms with E-state index in [1.807, 2.05) is 42.5 Å². The standard InChI is InChI=1S/C79H101N17O12S2/c1-78(2)41-66(99)51-40-64(97)48(37-49-42-86-54-25-13-11-23-52(49)54)39-65(98)56(27-15-31-84-76(80)81)88-68(101)58(35-46-19-7-5-8-20-46)91-73(106)63-30-18-34-96(63)75(108)79(3,4)94-71(104)61(45-110-109-44-51)93-70(103)60(38-50-43-87-55-26-14-12-24-53(50)55)90-67(100)57(28-16-32-85-77(82)83)89-69(102)59(36-47-21-9-6-10-22-47)92-72(105)62-29-17-33-95(62)74(78)107/h5-14,19-26,42-43,48,51,56-63,86-87H,15-18,27-41,44-45H2,1-4H3,(H,88,101)(H,89,102)(H,90,100)(H,91,106)(H,92,105)(H,93,103)(H,94,104)(H4,80,81,84)(H4,82,83,85)/t48-,51+,56+,57+,58-,59-,60+,61+,62+,63+/m1/s1. The Morgan fingerprint density at radius 1 is 0.482 bits per heavy atom. The van der Waals surface area contributed by atoms with Crippen LogP contribution >= 0.6 is 21.6 Å². The van der Waals surface area contributed by atoms with E-state index in [0.29, 0.717) is 46.0 Å². The lowest BCUT2D eigenvalue weighted by atomic mass is 9.79. The number of carbonyl (C=O) groups is 12. The molecule has 17 N–H and O–H groups in total. The van der Waals surface area contributed by atoms with Crippen LogP contribution in [0, 0.1) is 28.1 Å². The van der Waals surface area contributed by atoms with Crippen molar-refractivity contribution in [2.45, 2.75) is 178 Å². The molecule has 6 heterocycles. The molecule has 4 aromatic carbocycles. The summed E-state index contributed by atoms with van der Waals surface area (Å²) >= 11 is 0. The number of aromatic nitrogens is 2. The highest BCUT2D eigenvalue weighted by atomic mass is 33.1. The molecule has 2 aromatic heterocycles. The van der Waals surface area contributed by atoms with Gasteiger partial charge in [-0.2, -0.15) is 0 Å². The second-order valence-corrected chi connectivity index (χ2v) is 32.6. The Balaban J connectivity index is 1.08. The molecule has 4 aliphatic rings. The molecule has 2 bridgehead atoms. The number of H-pyrrole nitrogens is 2. The molecule has 31 heteroatoms. The first kappa shape index (κ1) is 81.9. The minimum Gasteiger partial charge on any atom is -0.370 e. The number of benzene rings is 4. The largest absolute Gasteiger partial charge is 0.370 e. The number of amides is 9. The molecule has 0 spiro atoms. The number of nitrogens with one attached hydrogen (secondary N) is 13. The Morgan fingerprint density at radius 3 is 1.47 bits per heavy atom. The molecule has 10 rings (SSSR count). The van der Waals surface area contributed by atoms with Gasteiger partial charge in [0.1, 0.15) is 59.4 Å². The number of hydrogen-bond acceptors (Lipinski definition) is 16. The van der Waals surface area contributed by atoms with E-state index < -0.39 is 161 Å². The van der Waals surface area contributed by atoms with Gasteiger partial charge in [-0.25, -0.2) is 0 Å². The van der Waals surface area contributed by atoms with Crippen molar-refractivity contribution in [3.8, 4) is 0 Å². The maximum Gasteiger partial charge on any atom is 0.248 e. The van der Waals surface area contributed by atoms with Crippen LogP contribution in [0.3, 0.4) is 0 Å². The molecule has 10 atom stereocenters. The van der Waals surface area contributed by atoms with Crippen molar-refractivity contribution >= 4 is 126 Å². The summed E-state index contributed by atoms with van der Waals surface area (Å²) in [5.41, 5.74) is 12.0. The van der Waals surface area contributed by atoms with Crippen molar-refractivity contribution < 1.29 is 57.5 Å². The van der Waals surface area contributed by atoms with E-state index in [-0.39, 0.29) is 114 Å². The molecule has 4 aliphatic heterocycles. The van der Waals surface area contributed by atoms with Gasteiger partial charge in [0, 0.05) is 122 Å². The number of fused-ring (bicyclic) bond motifs is 9. The molecule has 6 aromatic rings. The second kappa shape index (κ2) is 37.7. The van der Waals surface area contributed by atoms with Crippen molar-refractivity contribution in [3.05, 3.63) is 144 Å². The van der Waals surface area contributed by atoms with Crippen molar-refractivity contribution in [2.75, 3.05) is 37.7 Å². The van der Waals surface area contributed by atoms with Crippen LogP contribution in [0.15, 0.2) is 122 Å². The maximum atomic E-state index is 15.8. The van der Waals surface area contributed by atoms with Crippen molar-refractivity contribution in [2.24, 2.45) is 28.7 Å². The predicted octanol–water partition coefficient (Wildman–Crippen LogP) is 3.78. The van der Waals surface area contributed by atoms with Gasteiger partial charge in [0.05, 0.1) is 11.5 Å². The highest BCUT2D eigenvalue weighted by molar-refractivity contribution is 8.76. The van der Waals surface area contributed by atoms with Gasteiger partial charge in [0.2, 0.25) is 53.2 Å². The Hall–Kier alpha value is -10.6. The van der Waals surface area contributed by atoms with Gasteiger partial charge < -0.3 is 79.1 Å². The van der Waals surface area contributed by atoms with Crippen LogP contribution in [0.5, 0.6) is 0 Å². The molecule has 9 amide bonds. The average Bonchev–Trinajstić information content (AvgIpc) is 1.53. The normalized spacial score (nSPS) is 24.9. The molecule has 0 aliphatic carbocycles. The summed E-state index contributed by atoms with van der Waals surface area (Å²) in [5, 5.41) is 42.8. The van der Waals surface area contributed by atoms with Gasteiger partial charge in [-0.05, 0) is 106 Å². The Morgan fingerprint density at radius 2 is 0.927 bits per heavy atom. The summed E-state index contributed by atoms with van der Waals surface area (Å²) in [6.45, 7) is 6.45. The average molecular weight is 1540 g/mol. The SMILES string of the molecule is CC1(C)CC(=O)[C@@H]2CSSC[C@H](NC(=O)[C@H](Cc3c[nH]c4ccccc34)NC(=O)[C@H](CCCNC(=N)N)NC(=O)[C@@H](Cc3ccccc3)NC(=O)[C@@H]3CCCN3C1=O)C(=O)NC(C)(C)C(=O)N1CCC[C@H]1C(=O)N[C@H](Cc1ccccc1)C(=O)N[C@@H](CCCNC(=N)N)C(=O)C[C@@H](Cc1c[nH]c3ccccc13)C(=O)C2. The minimum absolute atomic E-state index is 0.0127. The molecule has 0 saturated carbocycles. The molecule has 586 valence electrons. The number of ketones is 3. The third kappa shape index (κ3) is 21.7. The monoisotopic (exact) mass is 1540 g/mol. The van der Waals surface area contributed by atoms with Crippen molar-refractivity contribution in [1.82, 2.24) is 67.6 Å². The smallest absolute Gasteiger partial charge is 0.248 e. The maximum absolute atomic E-state index is 15.8. The van der Waals surface area contributed by atoms with E-state index in [1.54, 1.807) is 93.0 Å². The molecule has 0 radical (unpaired) electrons. The van der Waals surface area contributed by atoms with Crippen LogP contribution in [0.2, 0.25) is 0 Å². The number of hydrogen-bond donors (Lipinski definition) is 15. The summed E-state index contributed by atoms with van der Waals surface area (Å²) in [5.74, 6) is -11.8. The van der Waals surface area contributed by atoms with Crippen LogP contribution in [-0.4, -0.2) is 194 Å². The first-order valence-electron chi connectivity index (χ1n) is 37.6. The number of aromatic amines is 2. The third-order valence-corrected chi connectivity index (χ3v) is 23.3. The zero-order chi connectivity index (χ0) is 78.8. The first-order chi connectivity index (χ1) is 52.6. The quantitative estimate of drug-likeness (QED) is 0.0284. The summed E-state index contributed by atoms with van der Waals surface area (Å²) in [6.07, 6.45) is 3.02.